The summed E-state index contributed by atoms with van der Waals surface area (Å²) in [5.41, 5.74) is 0. The van der Waals surface area contributed by atoms with Crippen LogP contribution in [0.2, 0.25) is 0 Å². The van der Waals surface area contributed by atoms with E-state index in [0.717, 1.165) is 0 Å². The maximum Gasteiger partial charge on any atom is 0.0241 e. The molecule has 0 unspecified atom stereocenters. The maximum atomic E-state index is 3.53. The second kappa shape index (κ2) is 3.72. The van der Waals surface area contributed by atoms with Crippen molar-refractivity contribution in [2.45, 2.75) is 0 Å². The first-order chi connectivity index (χ1) is 3.00. The van der Waals surface area contributed by atoms with Gasteiger partial charge >= 0.3 is 0 Å². The van der Waals surface area contributed by atoms with Crippen molar-refractivity contribution in [3.8, 4) is 0 Å². The smallest absolute Gasteiger partial charge is 0.0241 e. The van der Waals surface area contributed by atoms with Crippen LogP contribution in [-0.4, -0.2) is 15.0 Å². The first-order valence-corrected chi connectivity index (χ1v) is 1.48. The number of aromatic nitrogens is 3. The van der Waals surface area contributed by atoms with E-state index in [1.165, 1.54) is 12.7 Å². The fourth-order valence-electron chi connectivity index (χ4n) is 0.181. The molecule has 1 aromatic rings. The number of hydrogen-bond donors (Lipinski definition) is 0. The molecule has 0 radical (unpaired) electrons. The number of nitrogens with zero attached hydrogens (tertiary/aromatic N) is 3. The Morgan fingerprint density at radius 3 is 1.86 bits per heavy atom. The summed E-state index contributed by atoms with van der Waals surface area (Å²) in [7, 11) is 0. The topological polar surface area (TPSA) is 38.7 Å². The van der Waals surface area contributed by atoms with Gasteiger partial charge in [-0.2, -0.15) is 0 Å². The summed E-state index contributed by atoms with van der Waals surface area (Å²) in [5, 5.41) is 0. The Kier molecular flexibility index (Phi) is 3.48. The van der Waals surface area contributed by atoms with Crippen molar-refractivity contribution in [3.05, 3.63) is 19.0 Å². The molecule has 0 fully saturated rings. The third-order valence-corrected chi connectivity index (χ3v) is 0.364. The molecule has 3 nitrogen and oxygen atoms in total. The predicted octanol–water partition coefficient (Wildman–Crippen LogP) is -0.331. The molecule has 7 heavy (non-hydrogen) atoms. The molecule has 1 rings (SSSR count). The Balaban J connectivity index is 0.000000360. The van der Waals surface area contributed by atoms with Crippen LogP contribution in [-0.2, 0) is 17.4 Å². The van der Waals surface area contributed by atoms with Gasteiger partial charge in [-0.1, -0.05) is 0 Å². The van der Waals surface area contributed by atoms with Crippen LogP contribution in [0.25, 0.3) is 0 Å². The molecule has 4 heteroatoms. The molecule has 0 aromatic carbocycles. The van der Waals surface area contributed by atoms with Crippen LogP contribution in [0, 0.1) is 6.33 Å². The summed E-state index contributed by atoms with van der Waals surface area (Å²) < 4.78 is 0. The number of hydrogen-bond acceptors (Lipinski definition) is 3. The molecule has 0 aliphatic heterocycles. The van der Waals surface area contributed by atoms with Gasteiger partial charge in [0.05, 0.1) is 0 Å². The summed E-state index contributed by atoms with van der Waals surface area (Å²) in [6.07, 6.45) is 5.09. The molecule has 36 valence electrons. The zero-order valence-corrected chi connectivity index (χ0v) is 4.68. The van der Waals surface area contributed by atoms with Crippen LogP contribution in [0.3, 0.4) is 0 Å². The monoisotopic (exact) mass is 132 g/mol. The second-order valence-corrected chi connectivity index (χ2v) is 0.738. The van der Waals surface area contributed by atoms with Gasteiger partial charge in [0.25, 0.3) is 0 Å². The van der Waals surface area contributed by atoms with Gasteiger partial charge < -0.3 is 15.0 Å². The third kappa shape index (κ3) is 2.26. The Hall–Kier alpha value is -0.458. The quantitative estimate of drug-likeness (QED) is 0.453. The largest absolute Gasteiger partial charge is 0.355 e. The van der Waals surface area contributed by atoms with E-state index < -0.39 is 0 Å². The number of rotatable bonds is 0. The van der Waals surface area contributed by atoms with Gasteiger partial charge in [-0.05, 0) is 0 Å². The minimum absolute atomic E-state index is 0. The average Bonchev–Trinajstić information content (AvgIpc) is 1.72. The molecule has 1 aromatic heterocycles. The Labute approximate surface area is 52.0 Å². The van der Waals surface area contributed by atoms with E-state index in [4.69, 9.17) is 0 Å². The Bertz CT molecular complexity index is 82.1. The summed E-state index contributed by atoms with van der Waals surface area (Å²) >= 11 is 0. The van der Waals surface area contributed by atoms with Gasteiger partial charge in [0.2, 0.25) is 0 Å². The molecule has 0 spiro atoms. The summed E-state index contributed by atoms with van der Waals surface area (Å²) in [4.78, 5) is 10.4. The van der Waals surface area contributed by atoms with Crippen LogP contribution >= 0.6 is 0 Å². The molecule has 0 aliphatic carbocycles. The first kappa shape index (κ1) is 6.54. The van der Waals surface area contributed by atoms with E-state index in [1.54, 1.807) is 0 Å². The molecule has 0 bridgehead atoms. The molecule has 0 atom stereocenters. The van der Waals surface area contributed by atoms with Crippen LogP contribution in [0.5, 0.6) is 0 Å². The standard InChI is InChI=1S/C3H2N3.Cr/c1-4-2-6-3-5-1;/h1-2H;/q-1;. The van der Waals surface area contributed by atoms with Crippen LogP contribution < -0.4 is 0 Å². The molecular formula is C3H2CrN3-. The van der Waals surface area contributed by atoms with Crippen LogP contribution in [0.1, 0.15) is 0 Å². The van der Waals surface area contributed by atoms with E-state index in [2.05, 4.69) is 21.3 Å². The third-order valence-electron chi connectivity index (χ3n) is 0.364. The molecular weight excluding hydrogens is 130 g/mol. The van der Waals surface area contributed by atoms with Crippen molar-refractivity contribution >= 4 is 0 Å². The molecule has 0 N–H and O–H groups in total. The second-order valence-electron chi connectivity index (χ2n) is 0.738. The zero-order valence-electron chi connectivity index (χ0n) is 3.40. The molecule has 0 amide bonds. The van der Waals surface area contributed by atoms with Gasteiger partial charge in [-0.3, -0.25) is 0 Å². The molecule has 0 saturated heterocycles. The van der Waals surface area contributed by atoms with E-state index in [-0.39, 0.29) is 17.4 Å². The molecule has 0 aliphatic rings. The SMILES string of the molecule is [Cr].[c-]1ncncn1. The Morgan fingerprint density at radius 2 is 1.71 bits per heavy atom. The van der Waals surface area contributed by atoms with Crippen LogP contribution in [0.4, 0.5) is 0 Å². The van der Waals surface area contributed by atoms with Crippen molar-refractivity contribution in [2.24, 2.45) is 0 Å². The molecule has 1 heterocycles. The van der Waals surface area contributed by atoms with Gasteiger partial charge in [0.1, 0.15) is 0 Å². The van der Waals surface area contributed by atoms with Crippen molar-refractivity contribution in [1.29, 1.82) is 0 Å². The average molecular weight is 132 g/mol. The van der Waals surface area contributed by atoms with Crippen LogP contribution in [0.15, 0.2) is 12.7 Å². The van der Waals surface area contributed by atoms with Crippen molar-refractivity contribution in [2.75, 3.05) is 0 Å². The summed E-state index contributed by atoms with van der Waals surface area (Å²) in [6.45, 7) is 0. The maximum absolute atomic E-state index is 3.53. The normalized spacial score (nSPS) is 6.86. The van der Waals surface area contributed by atoms with Gasteiger partial charge in [-0.15, -0.1) is 0 Å². The van der Waals surface area contributed by atoms with E-state index in [0.29, 0.717) is 0 Å². The van der Waals surface area contributed by atoms with E-state index in [9.17, 15) is 0 Å². The van der Waals surface area contributed by atoms with Crippen molar-refractivity contribution in [1.82, 2.24) is 15.0 Å². The first-order valence-electron chi connectivity index (χ1n) is 1.48. The summed E-state index contributed by atoms with van der Waals surface area (Å²) in [6, 6.07) is 0. The van der Waals surface area contributed by atoms with Crippen molar-refractivity contribution in [3.63, 3.8) is 0 Å². The van der Waals surface area contributed by atoms with Gasteiger partial charge in [0.15, 0.2) is 0 Å². The predicted molar refractivity (Wildman–Crippen MR) is 18.7 cm³/mol. The Morgan fingerprint density at radius 1 is 1.14 bits per heavy atom. The zero-order chi connectivity index (χ0) is 4.24. The fourth-order valence-corrected chi connectivity index (χ4v) is 0.181. The van der Waals surface area contributed by atoms with E-state index >= 15 is 0 Å². The minimum Gasteiger partial charge on any atom is -0.355 e. The van der Waals surface area contributed by atoms with Gasteiger partial charge in [0, 0.05) is 36.3 Å². The molecule has 0 saturated carbocycles. The fraction of sp³-hybridized carbons (Fsp3) is 0. The van der Waals surface area contributed by atoms with E-state index in [1.807, 2.05) is 0 Å². The minimum atomic E-state index is 0. The summed E-state index contributed by atoms with van der Waals surface area (Å²) in [5.74, 6) is 0. The van der Waals surface area contributed by atoms with Gasteiger partial charge in [-0.25, -0.2) is 0 Å². The van der Waals surface area contributed by atoms with Crippen molar-refractivity contribution < 1.29 is 17.4 Å².